The fourth-order valence-corrected chi connectivity index (χ4v) is 6.07. The van der Waals surface area contributed by atoms with E-state index in [2.05, 4.69) is 35.8 Å². The van der Waals surface area contributed by atoms with Crippen LogP contribution in [0.3, 0.4) is 0 Å². The van der Waals surface area contributed by atoms with Gasteiger partial charge in [0.25, 0.3) is 10.0 Å². The molecular weight excluding hydrogens is 590 g/mol. The fraction of sp³-hybridized carbons (Fsp3) is 0.229. The number of hydrogen-bond donors (Lipinski definition) is 3. The molecule has 45 heavy (non-hydrogen) atoms. The van der Waals surface area contributed by atoms with E-state index in [0.29, 0.717) is 46.6 Å². The van der Waals surface area contributed by atoms with Crippen molar-refractivity contribution in [1.82, 2.24) is 10.3 Å². The van der Waals surface area contributed by atoms with Gasteiger partial charge in [-0.15, -0.1) is 0 Å². The van der Waals surface area contributed by atoms with Crippen molar-refractivity contribution >= 4 is 32.7 Å². The maximum atomic E-state index is 13.3. The molecule has 0 aliphatic rings. The van der Waals surface area contributed by atoms with Crippen LogP contribution in [0.2, 0.25) is 0 Å². The third-order valence-corrected chi connectivity index (χ3v) is 8.83. The number of aromatic amines is 1. The minimum atomic E-state index is -3.85. The highest BCUT2D eigenvalue weighted by molar-refractivity contribution is 7.92. The van der Waals surface area contributed by atoms with Gasteiger partial charge in [0, 0.05) is 23.1 Å². The Kier molecular flexibility index (Phi) is 9.06. The van der Waals surface area contributed by atoms with Gasteiger partial charge in [-0.3, -0.25) is 4.72 Å². The summed E-state index contributed by atoms with van der Waals surface area (Å²) in [6.07, 6.45) is -0.0744. The van der Waals surface area contributed by atoms with Gasteiger partial charge in [-0.2, -0.15) is 0 Å². The number of benzene rings is 4. The molecular formula is C35H37N3O6S. The molecule has 0 spiro atoms. The van der Waals surface area contributed by atoms with Crippen LogP contribution in [0.4, 0.5) is 10.5 Å². The van der Waals surface area contributed by atoms with Crippen molar-refractivity contribution in [3.8, 4) is 28.5 Å². The molecule has 0 atom stereocenters. The van der Waals surface area contributed by atoms with Crippen LogP contribution in [-0.2, 0) is 21.9 Å². The lowest BCUT2D eigenvalue weighted by molar-refractivity contribution is 0.199. The largest absolute Gasteiger partial charge is 0.493 e. The molecule has 0 aliphatic carbocycles. The third kappa shape index (κ3) is 7.24. The number of aromatic nitrogens is 1. The summed E-state index contributed by atoms with van der Waals surface area (Å²) in [6.45, 7) is 6.56. The van der Waals surface area contributed by atoms with E-state index in [9.17, 15) is 13.2 Å². The Balaban J connectivity index is 1.36. The Morgan fingerprint density at radius 1 is 0.844 bits per heavy atom. The van der Waals surface area contributed by atoms with E-state index in [-0.39, 0.29) is 16.2 Å². The molecule has 0 bridgehead atoms. The number of H-pyrrole nitrogens is 1. The van der Waals surface area contributed by atoms with E-state index in [1.54, 1.807) is 44.6 Å². The Morgan fingerprint density at radius 3 is 2.22 bits per heavy atom. The maximum absolute atomic E-state index is 13.3. The van der Waals surface area contributed by atoms with E-state index in [0.717, 1.165) is 16.7 Å². The lowest BCUT2D eigenvalue weighted by atomic mass is 9.87. The lowest BCUT2D eigenvalue weighted by Gasteiger charge is -2.19. The average molecular weight is 628 g/mol. The second-order valence-corrected chi connectivity index (χ2v) is 13.3. The molecule has 5 aromatic rings. The molecule has 0 saturated carbocycles. The summed E-state index contributed by atoms with van der Waals surface area (Å²) < 4.78 is 45.6. The number of nitrogens with one attached hydrogen (secondary N) is 3. The summed E-state index contributed by atoms with van der Waals surface area (Å²) in [5.74, 6) is 1.49. The number of rotatable bonds is 10. The maximum Gasteiger partial charge on any atom is 0.413 e. The first-order chi connectivity index (χ1) is 21.5. The highest BCUT2D eigenvalue weighted by Crippen LogP contribution is 2.39. The molecule has 1 heterocycles. The van der Waals surface area contributed by atoms with Crippen LogP contribution >= 0.6 is 0 Å². The average Bonchev–Trinajstić information content (AvgIpc) is 3.37. The number of carbonyl (C=O) groups is 1. The zero-order chi connectivity index (χ0) is 32.2. The van der Waals surface area contributed by atoms with E-state index in [4.69, 9.17) is 14.2 Å². The highest BCUT2D eigenvalue weighted by atomic mass is 32.2. The number of methoxy groups -OCH3 is 2. The van der Waals surface area contributed by atoms with Gasteiger partial charge in [0.1, 0.15) is 0 Å². The third-order valence-electron chi connectivity index (χ3n) is 7.44. The predicted molar refractivity (Wildman–Crippen MR) is 177 cm³/mol. The first kappa shape index (κ1) is 31.5. The van der Waals surface area contributed by atoms with Gasteiger partial charge in [-0.1, -0.05) is 69.3 Å². The molecule has 1 aromatic heterocycles. The van der Waals surface area contributed by atoms with Crippen molar-refractivity contribution in [2.24, 2.45) is 0 Å². The van der Waals surface area contributed by atoms with Crippen LogP contribution in [-0.4, -0.2) is 40.3 Å². The van der Waals surface area contributed by atoms with Crippen LogP contribution in [0.15, 0.2) is 95.9 Å². The molecule has 0 fully saturated rings. The number of sulfonamides is 1. The highest BCUT2D eigenvalue weighted by Gasteiger charge is 2.21. The monoisotopic (exact) mass is 627 g/mol. The van der Waals surface area contributed by atoms with E-state index in [1.165, 1.54) is 0 Å². The molecule has 0 unspecified atom stereocenters. The molecule has 3 N–H and O–H groups in total. The first-order valence-electron chi connectivity index (χ1n) is 14.5. The van der Waals surface area contributed by atoms with Crippen molar-refractivity contribution in [2.45, 2.75) is 37.5 Å². The zero-order valence-corrected chi connectivity index (χ0v) is 26.7. The van der Waals surface area contributed by atoms with Crippen LogP contribution in [0, 0.1) is 0 Å². The zero-order valence-electron chi connectivity index (χ0n) is 25.9. The van der Waals surface area contributed by atoms with Gasteiger partial charge in [0.15, 0.2) is 11.5 Å². The molecule has 0 aliphatic heterocycles. The Labute approximate surface area is 263 Å². The predicted octanol–water partition coefficient (Wildman–Crippen LogP) is 7.28. The Hall–Kier alpha value is -4.96. The number of amides is 1. The topological polar surface area (TPSA) is 119 Å². The van der Waals surface area contributed by atoms with E-state index in [1.807, 2.05) is 60.7 Å². The second-order valence-electron chi connectivity index (χ2n) is 11.6. The van der Waals surface area contributed by atoms with Gasteiger partial charge in [0.05, 0.1) is 24.7 Å². The molecule has 0 radical (unpaired) electrons. The first-order valence-corrected chi connectivity index (χ1v) is 16.0. The molecule has 4 aromatic carbocycles. The molecule has 5 rings (SSSR count). The molecule has 0 saturated heterocycles. The summed E-state index contributed by atoms with van der Waals surface area (Å²) in [7, 11) is -0.693. The fourth-order valence-electron chi connectivity index (χ4n) is 5.02. The molecule has 9 nitrogen and oxygen atoms in total. The number of fused-ring (bicyclic) bond motifs is 1. The van der Waals surface area contributed by atoms with Crippen molar-refractivity contribution < 1.29 is 27.4 Å². The second kappa shape index (κ2) is 13.0. The number of hydrogen-bond acceptors (Lipinski definition) is 6. The van der Waals surface area contributed by atoms with E-state index >= 15 is 0 Å². The van der Waals surface area contributed by atoms with E-state index < -0.39 is 16.1 Å². The van der Waals surface area contributed by atoms with Crippen LogP contribution in [0.5, 0.6) is 17.4 Å². The minimum absolute atomic E-state index is 0.0930. The lowest BCUT2D eigenvalue weighted by Crippen LogP contribution is -2.29. The molecule has 1 amide bonds. The van der Waals surface area contributed by atoms with Crippen LogP contribution in [0.25, 0.3) is 22.0 Å². The summed E-state index contributed by atoms with van der Waals surface area (Å²) >= 11 is 0. The summed E-state index contributed by atoms with van der Waals surface area (Å²) in [4.78, 5) is 16.2. The SMILES string of the molecule is COc1ccc(CCNC(=O)Oc2[nH]c3ccc(NS(=O)(=O)c4ccc(C(C)(C)C)cc4)cc3c2-c2ccccc2)cc1OC. The van der Waals surface area contributed by atoms with Gasteiger partial charge in [-0.25, -0.2) is 13.2 Å². The summed E-state index contributed by atoms with van der Waals surface area (Å²) in [5, 5.41) is 3.49. The smallest absolute Gasteiger partial charge is 0.413 e. The summed E-state index contributed by atoms with van der Waals surface area (Å²) in [6, 6.07) is 27.1. The quantitative estimate of drug-likeness (QED) is 0.150. The normalized spacial score (nSPS) is 11.7. The number of anilines is 1. The Morgan fingerprint density at radius 2 is 1.56 bits per heavy atom. The van der Waals surface area contributed by atoms with Crippen molar-refractivity contribution in [3.05, 3.63) is 102 Å². The number of carbonyl (C=O) groups excluding carboxylic acids is 1. The van der Waals surface area contributed by atoms with Gasteiger partial charge in [0.2, 0.25) is 5.88 Å². The van der Waals surface area contributed by atoms with Crippen molar-refractivity contribution in [1.29, 1.82) is 0 Å². The van der Waals surface area contributed by atoms with Gasteiger partial charge < -0.3 is 24.5 Å². The van der Waals surface area contributed by atoms with Crippen LogP contribution < -0.4 is 24.2 Å². The van der Waals surface area contributed by atoms with Gasteiger partial charge >= 0.3 is 6.09 Å². The molecule has 10 heteroatoms. The van der Waals surface area contributed by atoms with Gasteiger partial charge in [-0.05, 0) is 71.0 Å². The molecule has 234 valence electrons. The Bertz CT molecular complexity index is 1910. The van der Waals surface area contributed by atoms with Crippen molar-refractivity contribution in [2.75, 3.05) is 25.5 Å². The standard InChI is InChI=1S/C35H37N3O6S/c1-35(2,3)25-12-15-27(16-13-25)45(40,41)38-26-14-17-29-28(22-26)32(24-9-7-6-8-10-24)33(37-29)44-34(39)36-20-19-23-11-18-30(42-4)31(21-23)43-5/h6-18,21-22,37-38H,19-20H2,1-5H3,(H,36,39). The summed E-state index contributed by atoms with van der Waals surface area (Å²) in [5.41, 5.74) is 4.41. The number of ether oxygens (including phenoxy) is 3. The minimum Gasteiger partial charge on any atom is -0.493 e. The van der Waals surface area contributed by atoms with Crippen molar-refractivity contribution in [3.63, 3.8) is 0 Å². The van der Waals surface area contributed by atoms with Crippen LogP contribution in [0.1, 0.15) is 31.9 Å².